The molecule has 1 aromatic heterocycles. The van der Waals surface area contributed by atoms with Crippen LogP contribution in [0.2, 0.25) is 0 Å². The summed E-state index contributed by atoms with van der Waals surface area (Å²) in [5, 5.41) is 0. The SMILES string of the molecule is COc1ncc(-c2ccc(C3CC(N4CCC[C@H]4C)C3)cc2)cn1. The molecule has 1 aliphatic carbocycles. The third-order valence-corrected chi connectivity index (χ3v) is 5.71. The summed E-state index contributed by atoms with van der Waals surface area (Å²) in [7, 11) is 1.58. The Balaban J connectivity index is 1.39. The number of hydrogen-bond donors (Lipinski definition) is 0. The minimum absolute atomic E-state index is 0.409. The van der Waals surface area contributed by atoms with Crippen molar-refractivity contribution in [3.8, 4) is 17.1 Å². The second-order valence-electron chi connectivity index (χ2n) is 7.13. The Labute approximate surface area is 143 Å². The molecule has 4 rings (SSSR count). The van der Waals surface area contributed by atoms with Crippen LogP contribution in [0.25, 0.3) is 11.1 Å². The summed E-state index contributed by atoms with van der Waals surface area (Å²) < 4.78 is 5.01. The molecule has 1 aliphatic heterocycles. The maximum atomic E-state index is 5.01. The lowest BCUT2D eigenvalue weighted by molar-refractivity contribution is 0.103. The van der Waals surface area contributed by atoms with Crippen LogP contribution in [0.3, 0.4) is 0 Å². The lowest BCUT2D eigenvalue weighted by Gasteiger charge is -2.43. The van der Waals surface area contributed by atoms with E-state index in [1.807, 2.05) is 12.4 Å². The molecule has 2 aliphatic rings. The Morgan fingerprint density at radius 3 is 2.33 bits per heavy atom. The van der Waals surface area contributed by atoms with Gasteiger partial charge in [0.1, 0.15) is 0 Å². The van der Waals surface area contributed by atoms with Crippen molar-refractivity contribution in [1.82, 2.24) is 14.9 Å². The molecule has 4 nitrogen and oxygen atoms in total. The molecule has 4 heteroatoms. The summed E-state index contributed by atoms with van der Waals surface area (Å²) in [6.45, 7) is 3.68. The Bertz CT molecular complexity index is 677. The van der Waals surface area contributed by atoms with E-state index >= 15 is 0 Å². The third-order valence-electron chi connectivity index (χ3n) is 5.71. The number of ether oxygens (including phenoxy) is 1. The molecule has 1 saturated carbocycles. The van der Waals surface area contributed by atoms with E-state index in [0.29, 0.717) is 6.01 Å². The van der Waals surface area contributed by atoms with Gasteiger partial charge in [-0.05, 0) is 56.2 Å². The first-order valence-electron chi connectivity index (χ1n) is 8.96. The van der Waals surface area contributed by atoms with Crippen molar-refractivity contribution in [2.45, 2.75) is 50.6 Å². The smallest absolute Gasteiger partial charge is 0.316 e. The predicted octanol–water partition coefficient (Wildman–Crippen LogP) is 3.88. The van der Waals surface area contributed by atoms with Crippen molar-refractivity contribution in [3.05, 3.63) is 42.2 Å². The van der Waals surface area contributed by atoms with Crippen LogP contribution in [0.4, 0.5) is 0 Å². The number of hydrogen-bond acceptors (Lipinski definition) is 4. The number of rotatable bonds is 4. The van der Waals surface area contributed by atoms with Crippen LogP contribution >= 0.6 is 0 Å². The molecule has 1 atom stereocenters. The van der Waals surface area contributed by atoms with Gasteiger partial charge in [-0.1, -0.05) is 24.3 Å². The minimum Gasteiger partial charge on any atom is -0.467 e. The van der Waals surface area contributed by atoms with Crippen LogP contribution in [-0.2, 0) is 0 Å². The Morgan fingerprint density at radius 1 is 1.04 bits per heavy atom. The van der Waals surface area contributed by atoms with E-state index in [0.717, 1.165) is 29.1 Å². The average Bonchev–Trinajstić information content (AvgIpc) is 3.00. The van der Waals surface area contributed by atoms with Gasteiger partial charge in [-0.3, -0.25) is 4.90 Å². The van der Waals surface area contributed by atoms with E-state index in [1.165, 1.54) is 37.8 Å². The van der Waals surface area contributed by atoms with Crippen LogP contribution in [0.5, 0.6) is 6.01 Å². The Kier molecular flexibility index (Phi) is 4.23. The van der Waals surface area contributed by atoms with Crippen LogP contribution < -0.4 is 4.74 Å². The molecule has 0 bridgehead atoms. The molecule has 0 unspecified atom stereocenters. The summed E-state index contributed by atoms with van der Waals surface area (Å²) in [6.07, 6.45) is 9.01. The molecule has 1 saturated heterocycles. The topological polar surface area (TPSA) is 38.2 Å². The van der Waals surface area contributed by atoms with Crippen molar-refractivity contribution in [2.24, 2.45) is 0 Å². The second-order valence-corrected chi connectivity index (χ2v) is 7.13. The standard InChI is InChI=1S/C20H25N3O/c1-14-4-3-9-23(14)19-10-17(11-19)15-5-7-16(8-6-15)18-12-21-20(24-2)22-13-18/h5-8,12-14,17,19H,3-4,9-11H2,1-2H3/t14-,17?,19?/m1/s1. The molecule has 0 N–H and O–H groups in total. The van der Waals surface area contributed by atoms with Crippen molar-refractivity contribution in [2.75, 3.05) is 13.7 Å². The zero-order chi connectivity index (χ0) is 16.5. The largest absolute Gasteiger partial charge is 0.467 e. The first kappa shape index (κ1) is 15.6. The van der Waals surface area contributed by atoms with Crippen molar-refractivity contribution < 1.29 is 4.74 Å². The van der Waals surface area contributed by atoms with Gasteiger partial charge in [0.05, 0.1) is 7.11 Å². The molecule has 1 aromatic carbocycles. The fourth-order valence-corrected chi connectivity index (χ4v) is 4.15. The van der Waals surface area contributed by atoms with Gasteiger partial charge in [-0.2, -0.15) is 0 Å². The first-order chi connectivity index (χ1) is 11.7. The van der Waals surface area contributed by atoms with Gasteiger partial charge in [-0.25, -0.2) is 9.97 Å². The Hall–Kier alpha value is -1.94. The van der Waals surface area contributed by atoms with Gasteiger partial charge in [0, 0.05) is 30.0 Å². The number of benzene rings is 1. The van der Waals surface area contributed by atoms with Gasteiger partial charge >= 0.3 is 6.01 Å². The highest BCUT2D eigenvalue weighted by Crippen LogP contribution is 2.42. The summed E-state index contributed by atoms with van der Waals surface area (Å²) >= 11 is 0. The van der Waals surface area contributed by atoms with Gasteiger partial charge in [0.2, 0.25) is 0 Å². The Morgan fingerprint density at radius 2 is 1.75 bits per heavy atom. The molecule has 0 amide bonds. The van der Waals surface area contributed by atoms with E-state index in [4.69, 9.17) is 4.74 Å². The van der Waals surface area contributed by atoms with E-state index in [9.17, 15) is 0 Å². The van der Waals surface area contributed by atoms with Gasteiger partial charge in [0.25, 0.3) is 0 Å². The number of methoxy groups -OCH3 is 1. The summed E-state index contributed by atoms with van der Waals surface area (Å²) in [5.74, 6) is 0.726. The average molecular weight is 323 g/mol. The van der Waals surface area contributed by atoms with E-state index < -0.39 is 0 Å². The van der Waals surface area contributed by atoms with Crippen molar-refractivity contribution >= 4 is 0 Å². The quantitative estimate of drug-likeness (QED) is 0.856. The zero-order valence-electron chi connectivity index (χ0n) is 14.5. The number of aromatic nitrogens is 2. The van der Waals surface area contributed by atoms with Gasteiger partial charge in [0.15, 0.2) is 0 Å². The maximum Gasteiger partial charge on any atom is 0.316 e. The molecule has 126 valence electrons. The monoisotopic (exact) mass is 323 g/mol. The van der Waals surface area contributed by atoms with E-state index in [1.54, 1.807) is 7.11 Å². The number of nitrogens with zero attached hydrogens (tertiary/aromatic N) is 3. The maximum absolute atomic E-state index is 5.01. The molecule has 24 heavy (non-hydrogen) atoms. The predicted molar refractivity (Wildman–Crippen MR) is 95.2 cm³/mol. The van der Waals surface area contributed by atoms with Crippen LogP contribution in [-0.4, -0.2) is 40.6 Å². The molecular weight excluding hydrogens is 298 g/mol. The highest BCUT2D eigenvalue weighted by atomic mass is 16.5. The normalized spacial score (nSPS) is 27.0. The van der Waals surface area contributed by atoms with Crippen molar-refractivity contribution in [1.29, 1.82) is 0 Å². The minimum atomic E-state index is 0.409. The van der Waals surface area contributed by atoms with E-state index in [2.05, 4.69) is 46.1 Å². The highest BCUT2D eigenvalue weighted by molar-refractivity contribution is 5.62. The molecular formula is C20H25N3O. The van der Waals surface area contributed by atoms with Crippen LogP contribution in [0.15, 0.2) is 36.7 Å². The van der Waals surface area contributed by atoms with Crippen LogP contribution in [0, 0.1) is 0 Å². The lowest BCUT2D eigenvalue weighted by atomic mass is 9.74. The van der Waals surface area contributed by atoms with E-state index in [-0.39, 0.29) is 0 Å². The zero-order valence-corrected chi connectivity index (χ0v) is 14.5. The third kappa shape index (κ3) is 2.91. The molecule has 2 aromatic rings. The molecule has 2 heterocycles. The van der Waals surface area contributed by atoms with Crippen molar-refractivity contribution in [3.63, 3.8) is 0 Å². The van der Waals surface area contributed by atoms with Crippen LogP contribution in [0.1, 0.15) is 44.1 Å². The van der Waals surface area contributed by atoms with Gasteiger partial charge in [-0.15, -0.1) is 0 Å². The number of likely N-dealkylation sites (tertiary alicyclic amines) is 1. The first-order valence-corrected chi connectivity index (χ1v) is 8.96. The lowest BCUT2D eigenvalue weighted by Crippen LogP contribution is -2.45. The molecule has 0 spiro atoms. The highest BCUT2D eigenvalue weighted by Gasteiger charge is 2.37. The van der Waals surface area contributed by atoms with Gasteiger partial charge < -0.3 is 4.74 Å². The fraction of sp³-hybridized carbons (Fsp3) is 0.500. The second kappa shape index (κ2) is 6.52. The molecule has 2 fully saturated rings. The molecule has 0 radical (unpaired) electrons. The summed E-state index contributed by atoms with van der Waals surface area (Å²) in [4.78, 5) is 11.1. The summed E-state index contributed by atoms with van der Waals surface area (Å²) in [6, 6.07) is 10.9. The fourth-order valence-electron chi connectivity index (χ4n) is 4.15. The summed E-state index contributed by atoms with van der Waals surface area (Å²) in [5.41, 5.74) is 3.65.